The van der Waals surface area contributed by atoms with Gasteiger partial charge >= 0.3 is 0 Å². The number of benzene rings is 1. The Morgan fingerprint density at radius 3 is 2.00 bits per heavy atom. The van der Waals surface area contributed by atoms with Crippen LogP contribution in [0.3, 0.4) is 0 Å². The summed E-state index contributed by atoms with van der Waals surface area (Å²) in [7, 11) is 6.28. The number of hydrogen-bond donors (Lipinski definition) is 2. The van der Waals surface area contributed by atoms with Crippen LogP contribution in [0.4, 0.5) is 0 Å². The third-order valence-corrected chi connectivity index (χ3v) is 5.09. The highest BCUT2D eigenvalue weighted by Crippen LogP contribution is 2.14. The molecule has 1 aromatic carbocycles. The van der Waals surface area contributed by atoms with Crippen LogP contribution in [0.1, 0.15) is 72.1 Å². The van der Waals surface area contributed by atoms with Gasteiger partial charge in [0.2, 0.25) is 5.91 Å². The van der Waals surface area contributed by atoms with Crippen molar-refractivity contribution < 1.29 is 9.59 Å². The Balaban J connectivity index is 0.000000331. The van der Waals surface area contributed by atoms with Crippen LogP contribution in [0.2, 0.25) is 0 Å². The summed E-state index contributed by atoms with van der Waals surface area (Å²) < 4.78 is 0. The second-order valence-electron chi connectivity index (χ2n) is 7.97. The minimum Gasteiger partial charge on any atom is -0.366 e. The van der Waals surface area contributed by atoms with Crippen LogP contribution >= 0.6 is 0 Å². The van der Waals surface area contributed by atoms with Crippen molar-refractivity contribution in [1.82, 2.24) is 15.1 Å². The molecule has 0 saturated carbocycles. The highest BCUT2D eigenvalue weighted by molar-refractivity contribution is 5.97. The normalized spacial score (nSPS) is 14.1. The van der Waals surface area contributed by atoms with Gasteiger partial charge in [-0.05, 0) is 84.2 Å². The molecule has 2 rings (SSSR count). The van der Waals surface area contributed by atoms with Gasteiger partial charge in [0, 0.05) is 24.2 Å². The van der Waals surface area contributed by atoms with Crippen molar-refractivity contribution in [1.29, 1.82) is 0 Å². The lowest BCUT2D eigenvalue weighted by molar-refractivity contribution is 0.0761. The Morgan fingerprint density at radius 2 is 1.48 bits per heavy atom. The molecular weight excluding hydrogens is 364 g/mol. The SMILES string of the molecule is CNCCCCCCN(C)C.NC(=O)c1ccc(C(=O)N2CCCCCC2)cc1. The molecular formula is C23H40N4O2. The van der Waals surface area contributed by atoms with Crippen LogP contribution in [-0.2, 0) is 0 Å². The minimum atomic E-state index is -0.469. The summed E-state index contributed by atoms with van der Waals surface area (Å²) in [6.45, 7) is 4.06. The summed E-state index contributed by atoms with van der Waals surface area (Å²) in [6.07, 6.45) is 9.96. The van der Waals surface area contributed by atoms with E-state index in [4.69, 9.17) is 5.73 Å². The molecule has 1 saturated heterocycles. The van der Waals surface area contributed by atoms with Gasteiger partial charge < -0.3 is 20.9 Å². The number of unbranched alkanes of at least 4 members (excludes halogenated alkanes) is 3. The minimum absolute atomic E-state index is 0.0490. The van der Waals surface area contributed by atoms with E-state index in [1.54, 1.807) is 24.3 Å². The van der Waals surface area contributed by atoms with Crippen molar-refractivity contribution in [2.24, 2.45) is 5.73 Å². The number of amides is 2. The summed E-state index contributed by atoms with van der Waals surface area (Å²) in [5.74, 6) is -0.420. The zero-order valence-corrected chi connectivity index (χ0v) is 18.6. The Bertz CT molecular complexity index is 579. The van der Waals surface area contributed by atoms with Gasteiger partial charge in [0.25, 0.3) is 5.91 Å². The lowest BCUT2D eigenvalue weighted by Crippen LogP contribution is -2.31. The molecule has 1 heterocycles. The summed E-state index contributed by atoms with van der Waals surface area (Å²) in [5, 5.41) is 3.16. The molecule has 0 radical (unpaired) electrons. The number of nitrogens with one attached hydrogen (secondary N) is 1. The van der Waals surface area contributed by atoms with Crippen LogP contribution in [-0.4, -0.2) is 68.9 Å². The topological polar surface area (TPSA) is 78.7 Å². The first kappa shape index (κ1) is 25.1. The van der Waals surface area contributed by atoms with E-state index in [1.807, 2.05) is 11.9 Å². The van der Waals surface area contributed by atoms with Gasteiger partial charge in [0.05, 0.1) is 0 Å². The van der Waals surface area contributed by atoms with Crippen LogP contribution < -0.4 is 11.1 Å². The molecule has 1 fully saturated rings. The largest absolute Gasteiger partial charge is 0.366 e. The molecule has 1 aliphatic rings. The molecule has 1 aliphatic heterocycles. The van der Waals surface area contributed by atoms with Crippen LogP contribution in [0.15, 0.2) is 24.3 Å². The van der Waals surface area contributed by atoms with Gasteiger partial charge in [0.1, 0.15) is 0 Å². The standard InChI is InChI=1S/C14H18N2O2.C9H22N2/c15-13(17)11-5-7-12(8-6-11)14(18)16-9-3-1-2-4-10-16;1-10-8-6-4-5-7-9-11(2)3/h5-8H,1-4,9-10H2,(H2,15,17);10H,4-9H2,1-3H3. The molecule has 0 unspecified atom stereocenters. The molecule has 0 atom stereocenters. The Hall–Kier alpha value is -1.92. The van der Waals surface area contributed by atoms with Crippen LogP contribution in [0.25, 0.3) is 0 Å². The Morgan fingerprint density at radius 1 is 0.931 bits per heavy atom. The smallest absolute Gasteiger partial charge is 0.253 e. The predicted molar refractivity (Wildman–Crippen MR) is 120 cm³/mol. The van der Waals surface area contributed by atoms with Crippen LogP contribution in [0, 0.1) is 0 Å². The Labute approximate surface area is 176 Å². The zero-order chi connectivity index (χ0) is 21.5. The number of nitrogens with two attached hydrogens (primary N) is 1. The lowest BCUT2D eigenvalue weighted by atomic mass is 10.1. The number of carbonyl (C=O) groups is 2. The summed E-state index contributed by atoms with van der Waals surface area (Å²) in [4.78, 5) is 27.3. The maximum Gasteiger partial charge on any atom is 0.253 e. The van der Waals surface area contributed by atoms with E-state index < -0.39 is 5.91 Å². The quantitative estimate of drug-likeness (QED) is 0.620. The van der Waals surface area contributed by atoms with Crippen molar-refractivity contribution in [3.8, 4) is 0 Å². The first-order valence-corrected chi connectivity index (χ1v) is 10.9. The maximum absolute atomic E-state index is 12.2. The number of rotatable bonds is 9. The van der Waals surface area contributed by atoms with Gasteiger partial charge in [0.15, 0.2) is 0 Å². The zero-order valence-electron chi connectivity index (χ0n) is 18.6. The number of nitrogens with zero attached hydrogens (tertiary/aromatic N) is 2. The second-order valence-corrected chi connectivity index (χ2v) is 7.97. The third-order valence-electron chi connectivity index (χ3n) is 5.09. The van der Waals surface area contributed by atoms with E-state index in [2.05, 4.69) is 24.3 Å². The van der Waals surface area contributed by atoms with E-state index in [9.17, 15) is 9.59 Å². The first-order chi connectivity index (χ1) is 14.0. The number of carbonyl (C=O) groups excluding carboxylic acids is 2. The average molecular weight is 405 g/mol. The van der Waals surface area contributed by atoms with Crippen molar-refractivity contribution in [3.05, 3.63) is 35.4 Å². The molecule has 164 valence electrons. The molecule has 29 heavy (non-hydrogen) atoms. The molecule has 3 N–H and O–H groups in total. The fraction of sp³-hybridized carbons (Fsp3) is 0.652. The molecule has 6 heteroatoms. The Kier molecular flexibility index (Phi) is 13.0. The fourth-order valence-electron chi connectivity index (χ4n) is 3.32. The van der Waals surface area contributed by atoms with E-state index in [0.29, 0.717) is 11.1 Å². The average Bonchev–Trinajstić information content (AvgIpc) is 3.00. The maximum atomic E-state index is 12.2. The second kappa shape index (κ2) is 15.0. The molecule has 6 nitrogen and oxygen atoms in total. The van der Waals surface area contributed by atoms with Gasteiger partial charge in [-0.15, -0.1) is 0 Å². The number of primary amides is 1. The van der Waals surface area contributed by atoms with Gasteiger partial charge in [-0.25, -0.2) is 0 Å². The summed E-state index contributed by atoms with van der Waals surface area (Å²) in [5.41, 5.74) is 6.23. The van der Waals surface area contributed by atoms with Gasteiger partial charge in [-0.2, -0.15) is 0 Å². The highest BCUT2D eigenvalue weighted by atomic mass is 16.2. The predicted octanol–water partition coefficient (Wildman–Crippen LogP) is 3.13. The van der Waals surface area contributed by atoms with E-state index >= 15 is 0 Å². The molecule has 2 amide bonds. The number of likely N-dealkylation sites (tertiary alicyclic amines) is 1. The molecule has 1 aromatic rings. The molecule has 0 aromatic heterocycles. The third kappa shape index (κ3) is 11.0. The summed E-state index contributed by atoms with van der Waals surface area (Å²) >= 11 is 0. The van der Waals surface area contributed by atoms with Crippen molar-refractivity contribution in [2.45, 2.75) is 51.4 Å². The van der Waals surface area contributed by atoms with Crippen molar-refractivity contribution in [2.75, 3.05) is 47.3 Å². The number of hydrogen-bond acceptors (Lipinski definition) is 4. The highest BCUT2D eigenvalue weighted by Gasteiger charge is 2.17. The molecule has 0 spiro atoms. The first-order valence-electron chi connectivity index (χ1n) is 10.9. The van der Waals surface area contributed by atoms with Crippen molar-refractivity contribution in [3.63, 3.8) is 0 Å². The van der Waals surface area contributed by atoms with Crippen molar-refractivity contribution >= 4 is 11.8 Å². The van der Waals surface area contributed by atoms with Crippen LogP contribution in [0.5, 0.6) is 0 Å². The molecule has 0 aliphatic carbocycles. The van der Waals surface area contributed by atoms with E-state index in [-0.39, 0.29) is 5.91 Å². The monoisotopic (exact) mass is 404 g/mol. The van der Waals surface area contributed by atoms with Gasteiger partial charge in [-0.3, -0.25) is 9.59 Å². The lowest BCUT2D eigenvalue weighted by Gasteiger charge is -2.20. The van der Waals surface area contributed by atoms with E-state index in [0.717, 1.165) is 25.9 Å². The fourth-order valence-corrected chi connectivity index (χ4v) is 3.32. The summed E-state index contributed by atoms with van der Waals surface area (Å²) in [6, 6.07) is 6.56. The van der Waals surface area contributed by atoms with E-state index in [1.165, 1.54) is 51.6 Å². The molecule has 0 bridgehead atoms. The van der Waals surface area contributed by atoms with Gasteiger partial charge in [-0.1, -0.05) is 25.7 Å².